The van der Waals surface area contributed by atoms with Gasteiger partial charge in [0.1, 0.15) is 23.0 Å². The Morgan fingerprint density at radius 2 is 1.87 bits per heavy atom. The number of hydrogen-bond donors (Lipinski definition) is 0. The fourth-order valence-corrected chi connectivity index (χ4v) is 4.65. The van der Waals surface area contributed by atoms with Crippen LogP contribution >= 0.6 is 11.8 Å². The quantitative estimate of drug-likeness (QED) is 0.219. The molecule has 156 valence electrons. The molecule has 0 aliphatic carbocycles. The van der Waals surface area contributed by atoms with Crippen molar-refractivity contribution >= 4 is 33.7 Å². The van der Waals surface area contributed by atoms with Gasteiger partial charge in [0.05, 0.1) is 17.2 Å². The van der Waals surface area contributed by atoms with Gasteiger partial charge in [0.25, 0.3) is 0 Å². The maximum atomic E-state index is 13.8. The first-order chi connectivity index (χ1) is 14.7. The Kier molecular flexibility index (Phi) is 6.62. The Hall–Kier alpha value is -2.47. The molecule has 0 unspecified atom stereocenters. The Morgan fingerprint density at radius 1 is 1.00 bits per heavy atom. The van der Waals surface area contributed by atoms with E-state index >= 15 is 0 Å². The summed E-state index contributed by atoms with van der Waals surface area (Å²) in [5.74, 6) is 0.885. The first-order valence-corrected chi connectivity index (χ1v) is 11.5. The van der Waals surface area contributed by atoms with Gasteiger partial charge in [-0.25, -0.2) is 13.8 Å². The molecule has 3 nitrogen and oxygen atoms in total. The van der Waals surface area contributed by atoms with E-state index in [2.05, 4.69) is 22.5 Å². The molecule has 0 atom stereocenters. The smallest absolute Gasteiger partial charge is 0.139 e. The molecule has 30 heavy (non-hydrogen) atoms. The van der Waals surface area contributed by atoms with E-state index < -0.39 is 11.6 Å². The predicted octanol–water partition coefficient (Wildman–Crippen LogP) is 6.78. The van der Waals surface area contributed by atoms with Gasteiger partial charge in [0.15, 0.2) is 0 Å². The molecule has 2 heterocycles. The molecule has 0 spiro atoms. The summed E-state index contributed by atoms with van der Waals surface area (Å²) < 4.78 is 29.2. The number of pyridine rings is 1. The van der Waals surface area contributed by atoms with E-state index in [1.54, 1.807) is 0 Å². The lowest BCUT2D eigenvalue weighted by molar-refractivity contribution is 0.565. The predicted molar refractivity (Wildman–Crippen MR) is 120 cm³/mol. The molecule has 0 saturated heterocycles. The average molecular weight is 426 g/mol. The van der Waals surface area contributed by atoms with Gasteiger partial charge in [-0.1, -0.05) is 31.5 Å². The van der Waals surface area contributed by atoms with Crippen LogP contribution in [0.4, 0.5) is 8.78 Å². The second-order valence-electron chi connectivity index (χ2n) is 7.42. The number of rotatable bonds is 9. The monoisotopic (exact) mass is 425 g/mol. The summed E-state index contributed by atoms with van der Waals surface area (Å²) in [5, 5.41) is 1.13. The van der Waals surface area contributed by atoms with E-state index in [0.29, 0.717) is 4.90 Å². The van der Waals surface area contributed by atoms with Gasteiger partial charge in [-0.15, -0.1) is 11.8 Å². The Labute approximate surface area is 179 Å². The minimum atomic E-state index is -0.537. The number of thioether (sulfide) groups is 1. The van der Waals surface area contributed by atoms with E-state index in [1.807, 2.05) is 24.4 Å². The zero-order valence-corrected chi connectivity index (χ0v) is 17.9. The molecule has 0 fully saturated rings. The van der Waals surface area contributed by atoms with Crippen molar-refractivity contribution in [1.29, 1.82) is 0 Å². The maximum Gasteiger partial charge on any atom is 0.139 e. The molecule has 6 heteroatoms. The van der Waals surface area contributed by atoms with Crippen molar-refractivity contribution in [2.24, 2.45) is 0 Å². The normalized spacial score (nSPS) is 11.6. The molecular weight excluding hydrogens is 400 g/mol. The number of hydrogen-bond acceptors (Lipinski definition) is 3. The van der Waals surface area contributed by atoms with Crippen LogP contribution in [0.5, 0.6) is 0 Å². The molecule has 0 aliphatic heterocycles. The fraction of sp³-hybridized carbons (Fsp3) is 0.333. The minimum absolute atomic E-state index is 0.485. The second kappa shape index (κ2) is 9.56. The molecular formula is C24H25F2N3S. The van der Waals surface area contributed by atoms with Gasteiger partial charge in [0.2, 0.25) is 0 Å². The van der Waals surface area contributed by atoms with Gasteiger partial charge in [0, 0.05) is 29.3 Å². The van der Waals surface area contributed by atoms with Crippen molar-refractivity contribution in [3.8, 4) is 0 Å². The standard InChI is InChI=1S/C24H25F2N3S/c1-2-3-10-23-28-21-16-27-20-9-5-4-8-18(20)24(21)29(23)13-6-7-14-30-22-12-11-17(25)15-19(22)26/h4-5,8-9,11-12,15-16H,2-3,6-7,10,13-14H2,1H3. The summed E-state index contributed by atoms with van der Waals surface area (Å²) in [6.07, 6.45) is 6.97. The third-order valence-corrected chi connectivity index (χ3v) is 6.38. The van der Waals surface area contributed by atoms with E-state index in [4.69, 9.17) is 4.98 Å². The van der Waals surface area contributed by atoms with Crippen LogP contribution in [-0.2, 0) is 13.0 Å². The molecule has 4 rings (SSSR count). The van der Waals surface area contributed by atoms with Gasteiger partial charge in [-0.3, -0.25) is 4.98 Å². The number of benzene rings is 2. The van der Waals surface area contributed by atoms with Crippen molar-refractivity contribution in [1.82, 2.24) is 14.5 Å². The van der Waals surface area contributed by atoms with Gasteiger partial charge < -0.3 is 4.57 Å². The lowest BCUT2D eigenvalue weighted by Crippen LogP contribution is -2.05. The summed E-state index contributed by atoms with van der Waals surface area (Å²) in [5.41, 5.74) is 3.09. The Balaban J connectivity index is 1.49. The summed E-state index contributed by atoms with van der Waals surface area (Å²) in [6, 6.07) is 12.0. The maximum absolute atomic E-state index is 13.8. The molecule has 2 aromatic heterocycles. The largest absolute Gasteiger partial charge is 0.327 e. The number of aromatic nitrogens is 3. The van der Waals surface area contributed by atoms with E-state index in [1.165, 1.54) is 23.9 Å². The van der Waals surface area contributed by atoms with Crippen LogP contribution in [0, 0.1) is 11.6 Å². The zero-order chi connectivity index (χ0) is 20.9. The van der Waals surface area contributed by atoms with Crippen LogP contribution in [0.3, 0.4) is 0 Å². The lowest BCUT2D eigenvalue weighted by Gasteiger charge is -2.10. The third-order valence-electron chi connectivity index (χ3n) is 5.24. The number of imidazole rings is 1. The minimum Gasteiger partial charge on any atom is -0.327 e. The van der Waals surface area contributed by atoms with Gasteiger partial charge in [-0.05, 0) is 43.2 Å². The zero-order valence-electron chi connectivity index (χ0n) is 17.1. The molecule has 0 aliphatic rings. The average Bonchev–Trinajstić information content (AvgIpc) is 3.11. The molecule has 4 aromatic rings. The van der Waals surface area contributed by atoms with Crippen LogP contribution < -0.4 is 0 Å². The van der Waals surface area contributed by atoms with Crippen LogP contribution in [0.15, 0.2) is 53.6 Å². The SMILES string of the molecule is CCCCc1nc2cnc3ccccc3c2n1CCCCSc1ccc(F)cc1F. The number of nitrogens with zero attached hydrogens (tertiary/aromatic N) is 3. The van der Waals surface area contributed by atoms with Gasteiger partial charge >= 0.3 is 0 Å². The second-order valence-corrected chi connectivity index (χ2v) is 8.56. The number of fused-ring (bicyclic) bond motifs is 3. The number of halogens is 2. The van der Waals surface area contributed by atoms with Gasteiger partial charge in [-0.2, -0.15) is 0 Å². The number of aryl methyl sites for hydroxylation is 2. The summed E-state index contributed by atoms with van der Waals surface area (Å²) in [7, 11) is 0. The number of unbranched alkanes of at least 4 members (excludes halogenated alkanes) is 2. The summed E-state index contributed by atoms with van der Waals surface area (Å²) in [6.45, 7) is 3.06. The Morgan fingerprint density at radius 3 is 2.70 bits per heavy atom. The fourth-order valence-electron chi connectivity index (χ4n) is 3.72. The van der Waals surface area contributed by atoms with Crippen LogP contribution in [-0.4, -0.2) is 20.3 Å². The summed E-state index contributed by atoms with van der Waals surface area (Å²) >= 11 is 1.44. The van der Waals surface area contributed by atoms with E-state index in [-0.39, 0.29) is 0 Å². The third kappa shape index (κ3) is 4.48. The van der Waals surface area contributed by atoms with Crippen molar-refractivity contribution in [3.05, 3.63) is 66.1 Å². The van der Waals surface area contributed by atoms with Crippen LogP contribution in [0.2, 0.25) is 0 Å². The molecule has 0 amide bonds. The highest BCUT2D eigenvalue weighted by atomic mass is 32.2. The molecule has 0 N–H and O–H groups in total. The van der Waals surface area contributed by atoms with Crippen molar-refractivity contribution in [2.75, 3.05) is 5.75 Å². The summed E-state index contributed by atoms with van der Waals surface area (Å²) in [4.78, 5) is 9.94. The van der Waals surface area contributed by atoms with E-state index in [9.17, 15) is 8.78 Å². The molecule has 0 bridgehead atoms. The highest BCUT2D eigenvalue weighted by molar-refractivity contribution is 7.99. The van der Waals surface area contributed by atoms with Crippen molar-refractivity contribution in [2.45, 2.75) is 50.5 Å². The van der Waals surface area contributed by atoms with Crippen molar-refractivity contribution < 1.29 is 8.78 Å². The first-order valence-electron chi connectivity index (χ1n) is 10.5. The molecule has 0 radical (unpaired) electrons. The Bertz CT molecular complexity index is 1160. The highest BCUT2D eigenvalue weighted by Crippen LogP contribution is 2.27. The molecule has 2 aromatic carbocycles. The topological polar surface area (TPSA) is 30.7 Å². The lowest BCUT2D eigenvalue weighted by atomic mass is 10.2. The first kappa shape index (κ1) is 20.8. The van der Waals surface area contributed by atoms with E-state index in [0.717, 1.165) is 78.2 Å². The number of para-hydroxylation sites is 1. The van der Waals surface area contributed by atoms with Crippen LogP contribution in [0.25, 0.3) is 21.9 Å². The van der Waals surface area contributed by atoms with Crippen molar-refractivity contribution in [3.63, 3.8) is 0 Å². The molecule has 0 saturated carbocycles. The highest BCUT2D eigenvalue weighted by Gasteiger charge is 2.14. The van der Waals surface area contributed by atoms with Crippen LogP contribution in [0.1, 0.15) is 38.4 Å².